The molecule has 1 aliphatic rings. The summed E-state index contributed by atoms with van der Waals surface area (Å²) in [6, 6.07) is 7.27. The van der Waals surface area contributed by atoms with Crippen molar-refractivity contribution in [3.63, 3.8) is 0 Å². The molecule has 0 unspecified atom stereocenters. The summed E-state index contributed by atoms with van der Waals surface area (Å²) in [5.41, 5.74) is 0.782. The Labute approximate surface area is 115 Å². The molecule has 0 saturated heterocycles. The highest BCUT2D eigenvalue weighted by Crippen LogP contribution is 2.19. The molecule has 1 aliphatic carbocycles. The Hall–Kier alpha value is -1.07. The van der Waals surface area contributed by atoms with Gasteiger partial charge in [-0.05, 0) is 30.5 Å². The molecule has 0 aliphatic heterocycles. The number of nitrogens with one attached hydrogen (secondary N) is 1. The first-order valence-corrected chi connectivity index (χ1v) is 8.37. The first kappa shape index (κ1) is 14.3. The number of rotatable bonds is 5. The van der Waals surface area contributed by atoms with E-state index < -0.39 is 10.0 Å². The van der Waals surface area contributed by atoms with Crippen LogP contribution in [-0.4, -0.2) is 21.6 Å². The molecule has 0 aromatic heterocycles. The van der Waals surface area contributed by atoms with E-state index in [2.05, 4.69) is 4.72 Å². The van der Waals surface area contributed by atoms with Crippen molar-refractivity contribution in [1.82, 2.24) is 4.72 Å². The summed E-state index contributed by atoms with van der Waals surface area (Å²) in [5.74, 6) is 0.773. The summed E-state index contributed by atoms with van der Waals surface area (Å²) < 4.78 is 32.0. The number of hydrogen-bond donors (Lipinski definition) is 1. The third-order valence-corrected chi connectivity index (χ3v) is 4.87. The molecule has 1 fully saturated rings. The molecule has 0 amide bonds. The van der Waals surface area contributed by atoms with E-state index in [9.17, 15) is 8.42 Å². The van der Waals surface area contributed by atoms with Crippen LogP contribution in [0.15, 0.2) is 24.3 Å². The van der Waals surface area contributed by atoms with Gasteiger partial charge in [0.2, 0.25) is 10.0 Å². The lowest BCUT2D eigenvalue weighted by Crippen LogP contribution is -2.36. The van der Waals surface area contributed by atoms with Crippen LogP contribution in [-0.2, 0) is 15.8 Å². The molecule has 1 saturated carbocycles. The second-order valence-electron chi connectivity index (χ2n) is 5.06. The highest BCUT2D eigenvalue weighted by Gasteiger charge is 2.20. The van der Waals surface area contributed by atoms with Gasteiger partial charge in [-0.2, -0.15) is 0 Å². The zero-order valence-corrected chi connectivity index (χ0v) is 12.1. The Kier molecular flexibility index (Phi) is 4.82. The molecule has 0 atom stereocenters. The maximum absolute atomic E-state index is 12.1. The third kappa shape index (κ3) is 4.51. The first-order valence-electron chi connectivity index (χ1n) is 6.72. The van der Waals surface area contributed by atoms with Crippen LogP contribution in [0, 0.1) is 0 Å². The molecule has 19 heavy (non-hydrogen) atoms. The van der Waals surface area contributed by atoms with Crippen LogP contribution in [0.5, 0.6) is 5.75 Å². The lowest BCUT2D eigenvalue weighted by molar-refractivity contribution is 0.411. The largest absolute Gasteiger partial charge is 0.497 e. The molecule has 0 radical (unpaired) electrons. The van der Waals surface area contributed by atoms with Crippen molar-refractivity contribution in [2.45, 2.75) is 43.9 Å². The maximum atomic E-state index is 12.1. The predicted octanol–water partition coefficient (Wildman–Crippen LogP) is 2.45. The van der Waals surface area contributed by atoms with E-state index >= 15 is 0 Å². The smallest absolute Gasteiger partial charge is 0.216 e. The minimum absolute atomic E-state index is 0.0352. The van der Waals surface area contributed by atoms with Gasteiger partial charge >= 0.3 is 0 Å². The van der Waals surface area contributed by atoms with Gasteiger partial charge in [-0.3, -0.25) is 0 Å². The summed E-state index contributed by atoms with van der Waals surface area (Å²) in [5, 5.41) is 0. The normalized spacial score (nSPS) is 17.3. The van der Waals surface area contributed by atoms with Crippen LogP contribution >= 0.6 is 0 Å². The summed E-state index contributed by atoms with van der Waals surface area (Å²) >= 11 is 0. The van der Waals surface area contributed by atoms with E-state index in [-0.39, 0.29) is 11.8 Å². The van der Waals surface area contributed by atoms with Crippen molar-refractivity contribution in [2.75, 3.05) is 7.11 Å². The van der Waals surface area contributed by atoms with Crippen LogP contribution in [0.3, 0.4) is 0 Å². The molecular weight excluding hydrogens is 262 g/mol. The van der Waals surface area contributed by atoms with Gasteiger partial charge in [0.25, 0.3) is 0 Å². The number of benzene rings is 1. The van der Waals surface area contributed by atoms with Gasteiger partial charge in [0.15, 0.2) is 0 Å². The first-order chi connectivity index (χ1) is 9.09. The topological polar surface area (TPSA) is 55.4 Å². The monoisotopic (exact) mass is 283 g/mol. The van der Waals surface area contributed by atoms with E-state index in [0.717, 1.165) is 37.0 Å². The van der Waals surface area contributed by atoms with Crippen LogP contribution in [0.1, 0.15) is 37.7 Å². The Morgan fingerprint density at radius 2 is 1.79 bits per heavy atom. The van der Waals surface area contributed by atoms with Gasteiger partial charge in [0.05, 0.1) is 12.9 Å². The molecule has 0 heterocycles. The van der Waals surface area contributed by atoms with Crippen LogP contribution in [0.4, 0.5) is 0 Å². The lowest BCUT2D eigenvalue weighted by atomic mass is 9.96. The van der Waals surface area contributed by atoms with Gasteiger partial charge in [0.1, 0.15) is 5.75 Å². The highest BCUT2D eigenvalue weighted by atomic mass is 32.2. The molecule has 0 spiro atoms. The maximum Gasteiger partial charge on any atom is 0.216 e. The molecular formula is C14H21NO3S. The second-order valence-corrected chi connectivity index (χ2v) is 6.81. The number of sulfonamides is 1. The summed E-state index contributed by atoms with van der Waals surface area (Å²) in [6.07, 6.45) is 5.38. The summed E-state index contributed by atoms with van der Waals surface area (Å²) in [7, 11) is -1.65. The molecule has 1 aromatic carbocycles. The van der Waals surface area contributed by atoms with Crippen LogP contribution in [0.2, 0.25) is 0 Å². The highest BCUT2D eigenvalue weighted by molar-refractivity contribution is 7.88. The van der Waals surface area contributed by atoms with Crippen molar-refractivity contribution in [2.24, 2.45) is 0 Å². The molecule has 2 rings (SSSR count). The Morgan fingerprint density at radius 1 is 1.16 bits per heavy atom. The number of ether oxygens (including phenoxy) is 1. The Bertz CT molecular complexity index is 490. The van der Waals surface area contributed by atoms with E-state index in [1.165, 1.54) is 6.42 Å². The molecule has 1 N–H and O–H groups in total. The summed E-state index contributed by atoms with van der Waals surface area (Å²) in [4.78, 5) is 0. The molecule has 5 heteroatoms. The second kappa shape index (κ2) is 6.39. The van der Waals surface area contributed by atoms with Gasteiger partial charge in [-0.15, -0.1) is 0 Å². The molecule has 106 valence electrons. The fraction of sp³-hybridized carbons (Fsp3) is 0.571. The number of methoxy groups -OCH3 is 1. The van der Waals surface area contributed by atoms with Gasteiger partial charge in [0, 0.05) is 6.04 Å². The lowest BCUT2D eigenvalue weighted by Gasteiger charge is -2.22. The van der Waals surface area contributed by atoms with E-state index in [1.807, 2.05) is 0 Å². The van der Waals surface area contributed by atoms with Crippen molar-refractivity contribution in [3.8, 4) is 5.75 Å². The quantitative estimate of drug-likeness (QED) is 0.903. The Balaban J connectivity index is 1.95. The van der Waals surface area contributed by atoms with Crippen LogP contribution in [0.25, 0.3) is 0 Å². The fourth-order valence-electron chi connectivity index (χ4n) is 2.46. The molecule has 1 aromatic rings. The zero-order valence-electron chi connectivity index (χ0n) is 11.3. The fourth-order valence-corrected chi connectivity index (χ4v) is 3.92. The van der Waals surface area contributed by atoms with E-state index in [0.29, 0.717) is 0 Å². The predicted molar refractivity (Wildman–Crippen MR) is 75.6 cm³/mol. The van der Waals surface area contributed by atoms with Gasteiger partial charge in [-0.25, -0.2) is 13.1 Å². The van der Waals surface area contributed by atoms with Gasteiger partial charge < -0.3 is 4.74 Å². The molecule has 4 nitrogen and oxygen atoms in total. The standard InChI is InChI=1S/C14H21NO3S/c1-18-14-9-7-12(8-10-14)11-19(16,17)15-13-5-3-2-4-6-13/h7-10,13,15H,2-6,11H2,1H3. The zero-order chi connectivity index (χ0) is 13.7. The molecule has 0 bridgehead atoms. The minimum Gasteiger partial charge on any atom is -0.497 e. The van der Waals surface area contributed by atoms with Crippen molar-refractivity contribution in [1.29, 1.82) is 0 Å². The van der Waals surface area contributed by atoms with Crippen molar-refractivity contribution < 1.29 is 13.2 Å². The summed E-state index contributed by atoms with van der Waals surface area (Å²) in [6.45, 7) is 0. The average Bonchev–Trinajstić information content (AvgIpc) is 2.39. The number of hydrogen-bond acceptors (Lipinski definition) is 3. The minimum atomic E-state index is -3.24. The van der Waals surface area contributed by atoms with Gasteiger partial charge in [-0.1, -0.05) is 31.4 Å². The average molecular weight is 283 g/mol. The third-order valence-electron chi connectivity index (χ3n) is 3.47. The van der Waals surface area contributed by atoms with Crippen molar-refractivity contribution in [3.05, 3.63) is 29.8 Å². The SMILES string of the molecule is COc1ccc(CS(=O)(=O)NC2CCCCC2)cc1. The van der Waals surface area contributed by atoms with Crippen molar-refractivity contribution >= 4 is 10.0 Å². The van der Waals surface area contributed by atoms with E-state index in [1.54, 1.807) is 31.4 Å². The van der Waals surface area contributed by atoms with Crippen LogP contribution < -0.4 is 9.46 Å². The van der Waals surface area contributed by atoms with E-state index in [4.69, 9.17) is 4.74 Å². The Morgan fingerprint density at radius 3 is 2.37 bits per heavy atom.